The molecule has 0 radical (unpaired) electrons. The summed E-state index contributed by atoms with van der Waals surface area (Å²) in [6, 6.07) is 29.7. The minimum atomic E-state index is -0.0615. The molecule has 0 aliphatic rings. The Kier molecular flexibility index (Phi) is 6.26. The van der Waals surface area contributed by atoms with Gasteiger partial charge in [0.05, 0.1) is 12.7 Å². The van der Waals surface area contributed by atoms with Crippen molar-refractivity contribution in [1.29, 1.82) is 0 Å². The van der Waals surface area contributed by atoms with Crippen molar-refractivity contribution >= 4 is 23.3 Å². The molecule has 0 aliphatic heterocycles. The molecule has 1 aromatic heterocycles. The predicted octanol–water partition coefficient (Wildman–Crippen LogP) is 5.75. The van der Waals surface area contributed by atoms with E-state index in [1.54, 1.807) is 16.9 Å². The summed E-state index contributed by atoms with van der Waals surface area (Å²) in [5.41, 5.74) is 3.18. The van der Waals surface area contributed by atoms with Crippen LogP contribution >= 0.6 is 11.6 Å². The number of nitrogens with zero attached hydrogens (tertiary/aromatic N) is 2. The topological polar surface area (TPSA) is 46.9 Å². The van der Waals surface area contributed by atoms with Gasteiger partial charge in [0.1, 0.15) is 5.82 Å². The summed E-state index contributed by atoms with van der Waals surface area (Å²) in [5, 5.41) is 8.04. The molecule has 4 aromatic rings. The fourth-order valence-electron chi connectivity index (χ4n) is 3.53. The number of carbonyl (C=O) groups excluding carboxylic acids is 1. The molecule has 30 heavy (non-hydrogen) atoms. The van der Waals surface area contributed by atoms with Gasteiger partial charge in [0.15, 0.2) is 0 Å². The number of rotatable bonds is 7. The molecule has 0 saturated carbocycles. The summed E-state index contributed by atoms with van der Waals surface area (Å²) in [7, 11) is 0. The van der Waals surface area contributed by atoms with E-state index < -0.39 is 0 Å². The molecule has 0 bridgehead atoms. The summed E-state index contributed by atoms with van der Waals surface area (Å²) in [5.74, 6) is 0.570. The van der Waals surface area contributed by atoms with Gasteiger partial charge in [-0.15, -0.1) is 0 Å². The minimum absolute atomic E-state index is 0.0210. The van der Waals surface area contributed by atoms with Gasteiger partial charge in [0, 0.05) is 23.4 Å². The number of hydrogen-bond donors (Lipinski definition) is 1. The van der Waals surface area contributed by atoms with Gasteiger partial charge < -0.3 is 5.32 Å². The zero-order valence-corrected chi connectivity index (χ0v) is 17.2. The van der Waals surface area contributed by atoms with E-state index in [-0.39, 0.29) is 11.8 Å². The Morgan fingerprint density at radius 2 is 1.47 bits per heavy atom. The lowest BCUT2D eigenvalue weighted by atomic mass is 9.88. The molecule has 1 N–H and O–H groups in total. The smallest absolute Gasteiger partial charge is 0.226 e. The molecule has 4 rings (SSSR count). The third kappa shape index (κ3) is 4.78. The highest BCUT2D eigenvalue weighted by molar-refractivity contribution is 6.31. The van der Waals surface area contributed by atoms with Crippen LogP contribution in [0.3, 0.4) is 0 Å². The molecule has 5 heteroatoms. The molecule has 0 atom stereocenters. The summed E-state index contributed by atoms with van der Waals surface area (Å²) >= 11 is 6.28. The molecule has 0 aliphatic carbocycles. The van der Waals surface area contributed by atoms with E-state index in [0.717, 1.165) is 16.7 Å². The maximum Gasteiger partial charge on any atom is 0.226 e. The van der Waals surface area contributed by atoms with Crippen molar-refractivity contribution in [2.45, 2.75) is 18.9 Å². The van der Waals surface area contributed by atoms with E-state index in [9.17, 15) is 4.79 Å². The number of halogens is 1. The average molecular weight is 416 g/mol. The maximum atomic E-state index is 13.0. The van der Waals surface area contributed by atoms with Gasteiger partial charge in [-0.3, -0.25) is 4.79 Å². The van der Waals surface area contributed by atoms with Crippen LogP contribution in [0, 0.1) is 0 Å². The van der Waals surface area contributed by atoms with Gasteiger partial charge in [-0.2, -0.15) is 5.10 Å². The van der Waals surface area contributed by atoms with Gasteiger partial charge in [-0.05, 0) is 22.8 Å². The molecule has 0 saturated heterocycles. The third-order valence-electron chi connectivity index (χ3n) is 5.06. The van der Waals surface area contributed by atoms with Crippen molar-refractivity contribution in [3.63, 3.8) is 0 Å². The molecule has 0 fully saturated rings. The van der Waals surface area contributed by atoms with Gasteiger partial charge >= 0.3 is 0 Å². The van der Waals surface area contributed by atoms with Crippen LogP contribution in [-0.2, 0) is 11.3 Å². The first-order chi connectivity index (χ1) is 14.7. The van der Waals surface area contributed by atoms with Crippen LogP contribution in [0.25, 0.3) is 0 Å². The van der Waals surface area contributed by atoms with Gasteiger partial charge in [0.2, 0.25) is 5.91 Å². The second-order valence-corrected chi connectivity index (χ2v) is 7.50. The Morgan fingerprint density at radius 1 is 0.867 bits per heavy atom. The molecule has 4 nitrogen and oxygen atoms in total. The van der Waals surface area contributed by atoms with E-state index in [0.29, 0.717) is 23.8 Å². The van der Waals surface area contributed by atoms with E-state index in [1.165, 1.54) is 0 Å². The second-order valence-electron chi connectivity index (χ2n) is 7.09. The van der Waals surface area contributed by atoms with Gasteiger partial charge in [-0.1, -0.05) is 90.5 Å². The Hall–Kier alpha value is -3.37. The minimum Gasteiger partial charge on any atom is -0.311 e. The monoisotopic (exact) mass is 415 g/mol. The van der Waals surface area contributed by atoms with Gasteiger partial charge in [-0.25, -0.2) is 4.68 Å². The van der Waals surface area contributed by atoms with Gasteiger partial charge in [0.25, 0.3) is 0 Å². The molecule has 0 unspecified atom stereocenters. The standard InChI is InChI=1S/C25H22ClN3O/c26-23-14-8-7-13-21(23)18-29-24(15-16-27-29)28-25(30)17-22(19-9-3-1-4-10-19)20-11-5-2-6-12-20/h1-16,22H,17-18H2,(H,28,30). The Labute approximate surface area is 181 Å². The number of nitrogens with one attached hydrogen (secondary N) is 1. The first-order valence-corrected chi connectivity index (χ1v) is 10.2. The fourth-order valence-corrected chi connectivity index (χ4v) is 3.73. The fraction of sp³-hybridized carbons (Fsp3) is 0.120. The quantitative estimate of drug-likeness (QED) is 0.418. The lowest BCUT2D eigenvalue weighted by Crippen LogP contribution is -2.19. The second kappa shape index (κ2) is 9.42. The summed E-state index contributed by atoms with van der Waals surface area (Å²) in [4.78, 5) is 13.0. The highest BCUT2D eigenvalue weighted by Crippen LogP contribution is 2.28. The zero-order valence-electron chi connectivity index (χ0n) is 16.4. The summed E-state index contributed by atoms with van der Waals surface area (Å²) in [6.45, 7) is 0.489. The molecule has 3 aromatic carbocycles. The van der Waals surface area contributed by atoms with Crippen LogP contribution in [0.1, 0.15) is 29.0 Å². The number of carbonyl (C=O) groups is 1. The lowest BCUT2D eigenvalue weighted by Gasteiger charge is -2.18. The van der Waals surface area contributed by atoms with Crippen LogP contribution in [0.2, 0.25) is 5.02 Å². The van der Waals surface area contributed by atoms with Crippen LogP contribution in [-0.4, -0.2) is 15.7 Å². The number of benzene rings is 3. The number of aromatic nitrogens is 2. The predicted molar refractivity (Wildman–Crippen MR) is 121 cm³/mol. The van der Waals surface area contributed by atoms with Crippen molar-refractivity contribution in [1.82, 2.24) is 9.78 Å². The maximum absolute atomic E-state index is 13.0. The molecular formula is C25H22ClN3O. The molecule has 1 heterocycles. The molecule has 0 spiro atoms. The van der Waals surface area contributed by atoms with Crippen LogP contribution in [0.15, 0.2) is 97.2 Å². The number of hydrogen-bond acceptors (Lipinski definition) is 2. The SMILES string of the molecule is O=C(CC(c1ccccc1)c1ccccc1)Nc1ccnn1Cc1ccccc1Cl. The first kappa shape index (κ1) is 19.9. The van der Waals surface area contributed by atoms with E-state index >= 15 is 0 Å². The van der Waals surface area contributed by atoms with Crippen molar-refractivity contribution in [2.24, 2.45) is 0 Å². The lowest BCUT2D eigenvalue weighted by molar-refractivity contribution is -0.116. The Morgan fingerprint density at radius 3 is 2.10 bits per heavy atom. The number of amides is 1. The third-order valence-corrected chi connectivity index (χ3v) is 5.42. The van der Waals surface area contributed by atoms with Crippen molar-refractivity contribution in [3.8, 4) is 0 Å². The zero-order chi connectivity index (χ0) is 20.8. The summed E-state index contributed by atoms with van der Waals surface area (Å²) in [6.07, 6.45) is 2.02. The van der Waals surface area contributed by atoms with E-state index in [1.807, 2.05) is 60.7 Å². The van der Waals surface area contributed by atoms with Crippen molar-refractivity contribution in [3.05, 3.63) is 119 Å². The van der Waals surface area contributed by atoms with Crippen LogP contribution in [0.4, 0.5) is 5.82 Å². The molecule has 150 valence electrons. The number of anilines is 1. The van der Waals surface area contributed by atoms with Crippen LogP contribution < -0.4 is 5.32 Å². The van der Waals surface area contributed by atoms with Crippen molar-refractivity contribution in [2.75, 3.05) is 5.32 Å². The first-order valence-electron chi connectivity index (χ1n) is 9.85. The summed E-state index contributed by atoms with van der Waals surface area (Å²) < 4.78 is 1.75. The largest absolute Gasteiger partial charge is 0.311 e. The Bertz CT molecular complexity index is 1070. The van der Waals surface area contributed by atoms with E-state index in [2.05, 4.69) is 34.7 Å². The van der Waals surface area contributed by atoms with Crippen molar-refractivity contribution < 1.29 is 4.79 Å². The molecular weight excluding hydrogens is 394 g/mol. The highest BCUT2D eigenvalue weighted by Gasteiger charge is 2.19. The van der Waals surface area contributed by atoms with E-state index in [4.69, 9.17) is 11.6 Å². The Balaban J connectivity index is 1.51. The normalized spacial score (nSPS) is 10.9. The molecule has 1 amide bonds. The van der Waals surface area contributed by atoms with Crippen LogP contribution in [0.5, 0.6) is 0 Å². The average Bonchev–Trinajstić information content (AvgIpc) is 3.21. The highest BCUT2D eigenvalue weighted by atomic mass is 35.5.